The fraction of sp³-hybridized carbons (Fsp3) is 0.444. The van der Waals surface area contributed by atoms with Gasteiger partial charge >= 0.3 is 0 Å². The first kappa shape index (κ1) is 10.2. The lowest BCUT2D eigenvalue weighted by atomic mass is 10.3. The monoisotopic (exact) mass is 199 g/mol. The number of hydrogen-bond donors (Lipinski definition) is 2. The molecule has 0 aliphatic heterocycles. The van der Waals surface area contributed by atoms with E-state index in [2.05, 4.69) is 17.9 Å². The van der Waals surface area contributed by atoms with Crippen molar-refractivity contribution in [2.24, 2.45) is 0 Å². The molecule has 0 saturated carbocycles. The van der Waals surface area contributed by atoms with E-state index in [9.17, 15) is 4.79 Å². The molecule has 1 amide bonds. The molecule has 13 heavy (non-hydrogen) atoms. The molecule has 0 aromatic carbocycles. The smallest absolute Gasteiger partial charge is 0.220 e. The van der Waals surface area contributed by atoms with E-state index in [0.717, 1.165) is 12.2 Å². The van der Waals surface area contributed by atoms with Crippen molar-refractivity contribution in [1.82, 2.24) is 5.32 Å². The van der Waals surface area contributed by atoms with Crippen LogP contribution in [0.4, 0.5) is 0 Å². The van der Waals surface area contributed by atoms with Crippen molar-refractivity contribution in [2.45, 2.75) is 12.8 Å². The van der Waals surface area contributed by atoms with Crippen molar-refractivity contribution < 1.29 is 9.21 Å². The van der Waals surface area contributed by atoms with Crippen LogP contribution in [0.5, 0.6) is 0 Å². The Morgan fingerprint density at radius 1 is 1.62 bits per heavy atom. The zero-order valence-corrected chi connectivity index (χ0v) is 8.22. The zero-order valence-electron chi connectivity index (χ0n) is 7.32. The fourth-order valence-electron chi connectivity index (χ4n) is 0.970. The van der Waals surface area contributed by atoms with Crippen LogP contribution in [0.25, 0.3) is 0 Å². The maximum Gasteiger partial charge on any atom is 0.220 e. The predicted molar refractivity (Wildman–Crippen MR) is 53.9 cm³/mol. The highest BCUT2D eigenvalue weighted by molar-refractivity contribution is 7.80. The Bertz CT molecular complexity index is 246. The lowest BCUT2D eigenvalue weighted by Crippen LogP contribution is -2.25. The van der Waals surface area contributed by atoms with E-state index < -0.39 is 0 Å². The standard InChI is InChI=1S/C9H13NO2S/c11-9(4-7-13)10-5-3-8-2-1-6-12-8/h1-2,6,13H,3-5,7H2,(H,10,11). The van der Waals surface area contributed by atoms with E-state index in [1.54, 1.807) is 6.26 Å². The van der Waals surface area contributed by atoms with Gasteiger partial charge in [0.2, 0.25) is 5.91 Å². The second-order valence-electron chi connectivity index (χ2n) is 2.65. The second kappa shape index (κ2) is 5.70. The number of carbonyl (C=O) groups is 1. The number of thiol groups is 1. The van der Waals surface area contributed by atoms with Gasteiger partial charge in [-0.1, -0.05) is 0 Å². The molecule has 3 nitrogen and oxygen atoms in total. The summed E-state index contributed by atoms with van der Waals surface area (Å²) < 4.78 is 5.11. The van der Waals surface area contributed by atoms with Crippen molar-refractivity contribution in [2.75, 3.05) is 12.3 Å². The molecule has 0 bridgehead atoms. The van der Waals surface area contributed by atoms with Gasteiger partial charge in [-0.15, -0.1) is 0 Å². The summed E-state index contributed by atoms with van der Waals surface area (Å²) in [5, 5.41) is 2.77. The molecule has 0 atom stereocenters. The van der Waals surface area contributed by atoms with Crippen LogP contribution in [0.1, 0.15) is 12.2 Å². The van der Waals surface area contributed by atoms with E-state index >= 15 is 0 Å². The molecular formula is C9H13NO2S. The van der Waals surface area contributed by atoms with Crippen LogP contribution in [-0.4, -0.2) is 18.2 Å². The summed E-state index contributed by atoms with van der Waals surface area (Å²) in [5.41, 5.74) is 0. The maximum atomic E-state index is 11.0. The highest BCUT2D eigenvalue weighted by Gasteiger charge is 1.99. The van der Waals surface area contributed by atoms with E-state index in [1.807, 2.05) is 12.1 Å². The van der Waals surface area contributed by atoms with Gasteiger partial charge in [0, 0.05) is 19.4 Å². The van der Waals surface area contributed by atoms with E-state index in [0.29, 0.717) is 18.7 Å². The minimum absolute atomic E-state index is 0.0431. The van der Waals surface area contributed by atoms with Gasteiger partial charge in [0.25, 0.3) is 0 Å². The molecule has 1 rings (SSSR count). The summed E-state index contributed by atoms with van der Waals surface area (Å²) >= 11 is 3.96. The zero-order chi connectivity index (χ0) is 9.52. The normalized spacial score (nSPS) is 9.92. The predicted octanol–water partition coefficient (Wildman–Crippen LogP) is 1.26. The van der Waals surface area contributed by atoms with Crippen molar-refractivity contribution in [3.63, 3.8) is 0 Å². The Morgan fingerprint density at radius 3 is 3.08 bits per heavy atom. The van der Waals surface area contributed by atoms with Gasteiger partial charge in [-0.25, -0.2) is 0 Å². The van der Waals surface area contributed by atoms with Crippen LogP contribution in [0, 0.1) is 0 Å². The Hall–Kier alpha value is -0.900. The molecule has 72 valence electrons. The molecular weight excluding hydrogens is 186 g/mol. The van der Waals surface area contributed by atoms with Crippen LogP contribution in [0.15, 0.2) is 22.8 Å². The quantitative estimate of drug-likeness (QED) is 0.701. The number of furan rings is 1. The summed E-state index contributed by atoms with van der Waals surface area (Å²) in [4.78, 5) is 11.0. The molecule has 0 fully saturated rings. The molecule has 4 heteroatoms. The summed E-state index contributed by atoms with van der Waals surface area (Å²) in [6.07, 6.45) is 2.84. The van der Waals surface area contributed by atoms with Gasteiger partial charge in [-0.2, -0.15) is 12.6 Å². The third kappa shape index (κ3) is 4.03. The van der Waals surface area contributed by atoms with E-state index in [4.69, 9.17) is 4.42 Å². The molecule has 0 saturated heterocycles. The van der Waals surface area contributed by atoms with Crippen LogP contribution in [0.2, 0.25) is 0 Å². The minimum atomic E-state index is 0.0431. The van der Waals surface area contributed by atoms with E-state index in [1.165, 1.54) is 0 Å². The first-order valence-corrected chi connectivity index (χ1v) is 4.86. The Kier molecular flexibility index (Phi) is 4.46. The average molecular weight is 199 g/mol. The molecule has 1 heterocycles. The lowest BCUT2D eigenvalue weighted by molar-refractivity contribution is -0.120. The molecule has 1 N–H and O–H groups in total. The van der Waals surface area contributed by atoms with Crippen molar-refractivity contribution in [1.29, 1.82) is 0 Å². The van der Waals surface area contributed by atoms with Gasteiger partial charge in [0.1, 0.15) is 5.76 Å². The Balaban J connectivity index is 2.11. The first-order chi connectivity index (χ1) is 6.33. The Morgan fingerprint density at radius 2 is 2.46 bits per heavy atom. The Labute approximate surface area is 82.9 Å². The number of rotatable bonds is 5. The summed E-state index contributed by atoms with van der Waals surface area (Å²) in [5.74, 6) is 1.53. The topological polar surface area (TPSA) is 42.2 Å². The van der Waals surface area contributed by atoms with Gasteiger partial charge in [0.05, 0.1) is 6.26 Å². The van der Waals surface area contributed by atoms with Crippen LogP contribution in [-0.2, 0) is 11.2 Å². The SMILES string of the molecule is O=C(CCS)NCCc1ccco1. The number of amides is 1. The third-order valence-corrected chi connectivity index (χ3v) is 1.84. The summed E-state index contributed by atoms with van der Waals surface area (Å²) in [6.45, 7) is 0.625. The molecule has 1 aromatic heterocycles. The fourth-order valence-corrected chi connectivity index (χ4v) is 1.17. The molecule has 0 radical (unpaired) electrons. The van der Waals surface area contributed by atoms with Crippen molar-refractivity contribution in [3.8, 4) is 0 Å². The largest absolute Gasteiger partial charge is 0.469 e. The number of nitrogens with one attached hydrogen (secondary N) is 1. The molecule has 0 aliphatic rings. The lowest BCUT2D eigenvalue weighted by Gasteiger charge is -2.01. The third-order valence-electron chi connectivity index (χ3n) is 1.61. The molecule has 1 aromatic rings. The summed E-state index contributed by atoms with van der Waals surface area (Å²) in [7, 11) is 0. The number of hydrogen-bond acceptors (Lipinski definition) is 3. The number of carbonyl (C=O) groups excluding carboxylic acids is 1. The summed E-state index contributed by atoms with van der Waals surface area (Å²) in [6, 6.07) is 3.73. The highest BCUT2D eigenvalue weighted by atomic mass is 32.1. The molecule has 0 unspecified atom stereocenters. The average Bonchev–Trinajstić information content (AvgIpc) is 2.57. The van der Waals surface area contributed by atoms with Crippen LogP contribution in [0.3, 0.4) is 0 Å². The maximum absolute atomic E-state index is 11.0. The second-order valence-corrected chi connectivity index (χ2v) is 3.10. The van der Waals surface area contributed by atoms with Crippen LogP contribution >= 0.6 is 12.6 Å². The van der Waals surface area contributed by atoms with Gasteiger partial charge in [-0.05, 0) is 17.9 Å². The van der Waals surface area contributed by atoms with Gasteiger partial charge in [0.15, 0.2) is 0 Å². The van der Waals surface area contributed by atoms with Gasteiger partial charge in [-0.3, -0.25) is 4.79 Å². The van der Waals surface area contributed by atoms with E-state index in [-0.39, 0.29) is 5.91 Å². The minimum Gasteiger partial charge on any atom is -0.469 e. The van der Waals surface area contributed by atoms with Gasteiger partial charge < -0.3 is 9.73 Å². The van der Waals surface area contributed by atoms with Crippen LogP contribution < -0.4 is 5.32 Å². The molecule has 0 spiro atoms. The van der Waals surface area contributed by atoms with Crippen molar-refractivity contribution >= 4 is 18.5 Å². The first-order valence-electron chi connectivity index (χ1n) is 4.23. The highest BCUT2D eigenvalue weighted by Crippen LogP contribution is 1.99. The molecule has 0 aliphatic carbocycles. The van der Waals surface area contributed by atoms with Crippen molar-refractivity contribution in [3.05, 3.63) is 24.2 Å².